The highest BCUT2D eigenvalue weighted by Crippen LogP contribution is 2.55. The molecular formula is C15H18O4. The van der Waals surface area contributed by atoms with Crippen LogP contribution in [-0.4, -0.2) is 28.6 Å². The van der Waals surface area contributed by atoms with Crippen LogP contribution in [0.5, 0.6) is 0 Å². The van der Waals surface area contributed by atoms with E-state index in [1.807, 2.05) is 0 Å². The summed E-state index contributed by atoms with van der Waals surface area (Å²) >= 11 is 0. The second-order valence-electron chi connectivity index (χ2n) is 6.08. The van der Waals surface area contributed by atoms with E-state index < -0.39 is 16.9 Å². The average Bonchev–Trinajstić information content (AvgIpc) is 2.45. The quantitative estimate of drug-likeness (QED) is 0.725. The number of carbonyl (C=O) groups is 3. The molecule has 0 spiro atoms. The predicted octanol–water partition coefficient (Wildman–Crippen LogP) is 1.38. The monoisotopic (exact) mass is 262 g/mol. The van der Waals surface area contributed by atoms with Crippen molar-refractivity contribution in [2.45, 2.75) is 40.2 Å². The lowest BCUT2D eigenvalue weighted by molar-refractivity contribution is -0.127. The summed E-state index contributed by atoms with van der Waals surface area (Å²) in [6, 6.07) is 0. The van der Waals surface area contributed by atoms with Gasteiger partial charge in [0.25, 0.3) is 0 Å². The van der Waals surface area contributed by atoms with Gasteiger partial charge in [0.05, 0.1) is 6.10 Å². The Kier molecular flexibility index (Phi) is 2.90. The molecule has 0 radical (unpaired) electrons. The number of hydrogen-bond donors (Lipinski definition) is 1. The summed E-state index contributed by atoms with van der Waals surface area (Å²) in [6.07, 6.45) is 1.64. The van der Waals surface area contributed by atoms with Gasteiger partial charge in [-0.2, -0.15) is 0 Å². The Balaban J connectivity index is 2.58. The third-order valence-corrected chi connectivity index (χ3v) is 4.88. The minimum Gasteiger partial charge on any atom is -0.392 e. The van der Waals surface area contributed by atoms with Crippen LogP contribution in [0.2, 0.25) is 0 Å². The molecule has 4 heteroatoms. The van der Waals surface area contributed by atoms with Gasteiger partial charge >= 0.3 is 0 Å². The summed E-state index contributed by atoms with van der Waals surface area (Å²) in [5.74, 6) is -0.616. The Morgan fingerprint density at radius 2 is 1.68 bits per heavy atom. The van der Waals surface area contributed by atoms with Crippen molar-refractivity contribution in [2.75, 3.05) is 0 Å². The number of hydrogen-bond acceptors (Lipinski definition) is 4. The van der Waals surface area contributed by atoms with Crippen LogP contribution in [0.3, 0.4) is 0 Å². The highest BCUT2D eigenvalue weighted by atomic mass is 16.3. The van der Waals surface area contributed by atoms with Crippen LogP contribution in [-0.2, 0) is 14.4 Å². The average molecular weight is 262 g/mol. The molecule has 1 fully saturated rings. The van der Waals surface area contributed by atoms with Gasteiger partial charge in [-0.15, -0.1) is 0 Å². The minimum atomic E-state index is -1.02. The topological polar surface area (TPSA) is 71.4 Å². The van der Waals surface area contributed by atoms with E-state index in [1.165, 1.54) is 12.2 Å². The van der Waals surface area contributed by atoms with E-state index in [1.54, 1.807) is 27.7 Å². The van der Waals surface area contributed by atoms with Crippen molar-refractivity contribution in [3.05, 3.63) is 23.3 Å². The zero-order chi connectivity index (χ0) is 14.6. The van der Waals surface area contributed by atoms with E-state index in [0.29, 0.717) is 5.57 Å². The normalized spacial score (nSPS) is 34.4. The van der Waals surface area contributed by atoms with Gasteiger partial charge in [-0.05, 0) is 19.1 Å². The largest absolute Gasteiger partial charge is 0.392 e. The SMILES string of the molecule is CC1=CC(=O)C([C@@]2(C)[C@H](O)CC(=O)C2(C)C)=CC1=O. The van der Waals surface area contributed by atoms with Crippen molar-refractivity contribution in [3.63, 3.8) is 0 Å². The zero-order valence-electron chi connectivity index (χ0n) is 11.6. The van der Waals surface area contributed by atoms with E-state index >= 15 is 0 Å². The molecule has 2 rings (SSSR count). The Hall–Kier alpha value is -1.55. The maximum Gasteiger partial charge on any atom is 0.183 e. The lowest BCUT2D eigenvalue weighted by Crippen LogP contribution is -2.44. The first-order valence-corrected chi connectivity index (χ1v) is 6.33. The minimum absolute atomic E-state index is 0.0189. The van der Waals surface area contributed by atoms with Crippen LogP contribution in [0.25, 0.3) is 0 Å². The Labute approximate surface area is 112 Å². The fraction of sp³-hybridized carbons (Fsp3) is 0.533. The predicted molar refractivity (Wildman–Crippen MR) is 69.4 cm³/mol. The standard InChI is InChI=1S/C15H18O4/c1-8-5-11(17)9(6-10(8)16)15(4)13(19)7-12(18)14(15,2)3/h5-6,13,19H,7H2,1-4H3/t13-,15+/m1/s1. The Morgan fingerprint density at radius 3 is 2.16 bits per heavy atom. The van der Waals surface area contributed by atoms with E-state index in [2.05, 4.69) is 0 Å². The van der Waals surface area contributed by atoms with Gasteiger partial charge in [-0.25, -0.2) is 0 Å². The summed E-state index contributed by atoms with van der Waals surface area (Å²) in [7, 11) is 0. The van der Waals surface area contributed by atoms with Gasteiger partial charge in [-0.1, -0.05) is 20.8 Å². The molecule has 0 bridgehead atoms. The van der Waals surface area contributed by atoms with Crippen molar-refractivity contribution in [2.24, 2.45) is 10.8 Å². The molecule has 4 nitrogen and oxygen atoms in total. The van der Waals surface area contributed by atoms with Gasteiger partial charge in [-0.3, -0.25) is 14.4 Å². The molecule has 0 unspecified atom stereocenters. The third-order valence-electron chi connectivity index (χ3n) is 4.88. The van der Waals surface area contributed by atoms with Crippen LogP contribution < -0.4 is 0 Å². The van der Waals surface area contributed by atoms with Crippen molar-refractivity contribution < 1.29 is 19.5 Å². The third kappa shape index (κ3) is 1.66. The summed E-state index contributed by atoms with van der Waals surface area (Å²) in [5.41, 5.74) is -1.26. The maximum absolute atomic E-state index is 12.2. The number of aliphatic hydroxyl groups excluding tert-OH is 1. The van der Waals surface area contributed by atoms with Crippen LogP contribution in [0.1, 0.15) is 34.1 Å². The van der Waals surface area contributed by atoms with Crippen LogP contribution >= 0.6 is 0 Å². The molecule has 0 amide bonds. The van der Waals surface area contributed by atoms with Gasteiger partial charge < -0.3 is 5.11 Å². The summed E-state index contributed by atoms with van der Waals surface area (Å²) in [5, 5.41) is 10.2. The molecule has 2 atom stereocenters. The van der Waals surface area contributed by atoms with Crippen molar-refractivity contribution in [3.8, 4) is 0 Å². The second kappa shape index (κ2) is 3.97. The number of rotatable bonds is 1. The highest BCUT2D eigenvalue weighted by molar-refractivity contribution is 6.20. The van der Waals surface area contributed by atoms with Crippen molar-refractivity contribution >= 4 is 17.3 Å². The van der Waals surface area contributed by atoms with E-state index in [4.69, 9.17) is 0 Å². The molecule has 1 saturated carbocycles. The molecule has 2 aliphatic carbocycles. The number of aliphatic hydroxyl groups is 1. The molecule has 0 aromatic rings. The molecule has 0 aliphatic heterocycles. The van der Waals surface area contributed by atoms with Crippen molar-refractivity contribution in [1.82, 2.24) is 0 Å². The summed E-state index contributed by atoms with van der Waals surface area (Å²) < 4.78 is 0. The summed E-state index contributed by atoms with van der Waals surface area (Å²) in [4.78, 5) is 36.0. The zero-order valence-corrected chi connectivity index (χ0v) is 11.6. The lowest BCUT2D eigenvalue weighted by Gasteiger charge is -2.40. The maximum atomic E-state index is 12.2. The lowest BCUT2D eigenvalue weighted by atomic mass is 9.61. The molecular weight excluding hydrogens is 244 g/mol. The number of ketones is 3. The van der Waals surface area contributed by atoms with Crippen LogP contribution in [0.15, 0.2) is 23.3 Å². The van der Waals surface area contributed by atoms with E-state index in [0.717, 1.165) is 0 Å². The molecule has 2 aliphatic rings. The Bertz CT molecular complexity index is 550. The fourth-order valence-corrected chi connectivity index (χ4v) is 2.92. The van der Waals surface area contributed by atoms with Gasteiger partial charge in [0.2, 0.25) is 0 Å². The molecule has 0 saturated heterocycles. The van der Waals surface area contributed by atoms with Crippen LogP contribution in [0, 0.1) is 10.8 Å². The smallest absolute Gasteiger partial charge is 0.183 e. The molecule has 102 valence electrons. The molecule has 1 N–H and O–H groups in total. The van der Waals surface area contributed by atoms with Gasteiger partial charge in [0.15, 0.2) is 11.6 Å². The second-order valence-corrected chi connectivity index (χ2v) is 6.08. The molecule has 0 heterocycles. The van der Waals surface area contributed by atoms with Crippen LogP contribution in [0.4, 0.5) is 0 Å². The first kappa shape index (κ1) is 13.9. The number of allylic oxidation sites excluding steroid dienone is 3. The molecule has 0 aromatic carbocycles. The van der Waals surface area contributed by atoms with E-state index in [9.17, 15) is 19.5 Å². The highest BCUT2D eigenvalue weighted by Gasteiger charge is 2.60. The molecule has 0 aromatic heterocycles. The van der Waals surface area contributed by atoms with E-state index in [-0.39, 0.29) is 29.3 Å². The van der Waals surface area contributed by atoms with Gasteiger partial charge in [0.1, 0.15) is 5.78 Å². The molecule has 19 heavy (non-hydrogen) atoms. The number of carbonyl (C=O) groups excluding carboxylic acids is 3. The van der Waals surface area contributed by atoms with Gasteiger partial charge in [0, 0.05) is 28.4 Å². The Morgan fingerprint density at radius 1 is 1.11 bits per heavy atom. The van der Waals surface area contributed by atoms with Crippen molar-refractivity contribution in [1.29, 1.82) is 0 Å². The number of Topliss-reactive ketones (excluding diaryl/α,β-unsaturated/α-hetero) is 1. The first-order chi connectivity index (χ1) is 8.62. The first-order valence-electron chi connectivity index (χ1n) is 6.33. The fourth-order valence-electron chi connectivity index (χ4n) is 2.92. The summed E-state index contributed by atoms with van der Waals surface area (Å²) in [6.45, 7) is 6.70.